The van der Waals surface area contributed by atoms with Crippen molar-refractivity contribution in [3.8, 4) is 5.75 Å². The Bertz CT molecular complexity index is 596. The fourth-order valence-electron chi connectivity index (χ4n) is 2.07. The van der Waals surface area contributed by atoms with Crippen molar-refractivity contribution in [2.75, 3.05) is 6.61 Å². The fourth-order valence-corrected chi connectivity index (χ4v) is 2.07. The molecule has 1 aromatic heterocycles. The van der Waals surface area contributed by atoms with Crippen molar-refractivity contribution in [3.63, 3.8) is 0 Å². The Balaban J connectivity index is 1.76. The summed E-state index contributed by atoms with van der Waals surface area (Å²) in [4.78, 5) is 12.0. The van der Waals surface area contributed by atoms with E-state index in [4.69, 9.17) is 9.15 Å². The molecule has 0 saturated carbocycles. The fraction of sp³-hybridized carbons (Fsp3) is 0.389. The van der Waals surface area contributed by atoms with E-state index in [1.165, 1.54) is 0 Å². The van der Waals surface area contributed by atoms with Crippen LogP contribution < -0.4 is 15.4 Å². The normalized spacial score (nSPS) is 11.9. The van der Waals surface area contributed by atoms with Crippen LogP contribution in [0.25, 0.3) is 0 Å². The molecule has 2 aromatic rings. The number of carbonyl (C=O) groups excluding carboxylic acids is 1. The van der Waals surface area contributed by atoms with Crippen LogP contribution in [0.1, 0.15) is 31.6 Å². The van der Waals surface area contributed by atoms with Gasteiger partial charge in [0.1, 0.15) is 11.5 Å². The van der Waals surface area contributed by atoms with E-state index in [1.54, 1.807) is 12.3 Å². The lowest BCUT2D eigenvalue weighted by Crippen LogP contribution is -2.41. The van der Waals surface area contributed by atoms with Gasteiger partial charge in [0, 0.05) is 6.54 Å². The van der Waals surface area contributed by atoms with Crippen LogP contribution >= 0.6 is 0 Å². The number of hydrogen-bond acceptors (Lipinski definition) is 4. The van der Waals surface area contributed by atoms with Gasteiger partial charge in [-0.25, -0.2) is 0 Å². The second kappa shape index (κ2) is 9.00. The Labute approximate surface area is 137 Å². The number of furan rings is 1. The molecule has 0 aliphatic rings. The molecule has 0 aliphatic carbocycles. The van der Waals surface area contributed by atoms with Crippen LogP contribution in [-0.2, 0) is 17.9 Å². The molecule has 23 heavy (non-hydrogen) atoms. The minimum absolute atomic E-state index is 0.0558. The third-order valence-electron chi connectivity index (χ3n) is 3.39. The summed E-state index contributed by atoms with van der Waals surface area (Å²) in [7, 11) is 0. The quantitative estimate of drug-likeness (QED) is 0.747. The average molecular weight is 316 g/mol. The topological polar surface area (TPSA) is 63.5 Å². The molecule has 1 aromatic carbocycles. The molecule has 1 amide bonds. The minimum Gasteiger partial charge on any atom is -0.494 e. The predicted molar refractivity (Wildman–Crippen MR) is 89.1 cm³/mol. The average Bonchev–Trinajstić information content (AvgIpc) is 3.09. The number of rotatable bonds is 9. The van der Waals surface area contributed by atoms with Gasteiger partial charge in [-0.15, -0.1) is 0 Å². The number of hydrogen-bond donors (Lipinski definition) is 2. The van der Waals surface area contributed by atoms with Crippen LogP contribution in [0.5, 0.6) is 5.75 Å². The molecule has 0 saturated heterocycles. The first-order valence-electron chi connectivity index (χ1n) is 7.94. The zero-order chi connectivity index (χ0) is 16.5. The molecule has 1 unspecified atom stereocenters. The molecule has 0 fully saturated rings. The van der Waals surface area contributed by atoms with Crippen LogP contribution in [-0.4, -0.2) is 18.6 Å². The second-order valence-corrected chi connectivity index (χ2v) is 5.40. The van der Waals surface area contributed by atoms with Crippen molar-refractivity contribution in [1.82, 2.24) is 10.6 Å². The van der Waals surface area contributed by atoms with Gasteiger partial charge in [0.2, 0.25) is 5.91 Å². The largest absolute Gasteiger partial charge is 0.494 e. The molecule has 2 rings (SSSR count). The molecular weight excluding hydrogens is 292 g/mol. The maximum Gasteiger partial charge on any atom is 0.237 e. The smallest absolute Gasteiger partial charge is 0.237 e. The predicted octanol–water partition coefficient (Wildman–Crippen LogP) is 2.86. The lowest BCUT2D eigenvalue weighted by Gasteiger charge is -2.14. The Morgan fingerprint density at radius 1 is 1.26 bits per heavy atom. The zero-order valence-corrected chi connectivity index (χ0v) is 13.7. The molecule has 1 atom stereocenters. The maximum atomic E-state index is 12.0. The number of benzene rings is 1. The van der Waals surface area contributed by atoms with Crippen LogP contribution in [0.3, 0.4) is 0 Å². The van der Waals surface area contributed by atoms with Gasteiger partial charge in [0.25, 0.3) is 0 Å². The Hall–Kier alpha value is -2.27. The van der Waals surface area contributed by atoms with Gasteiger partial charge >= 0.3 is 0 Å². The highest BCUT2D eigenvalue weighted by atomic mass is 16.5. The van der Waals surface area contributed by atoms with E-state index in [0.29, 0.717) is 19.7 Å². The first-order chi connectivity index (χ1) is 11.2. The lowest BCUT2D eigenvalue weighted by molar-refractivity contribution is -0.123. The van der Waals surface area contributed by atoms with Crippen LogP contribution in [0.2, 0.25) is 0 Å². The lowest BCUT2D eigenvalue weighted by atomic mass is 10.2. The summed E-state index contributed by atoms with van der Waals surface area (Å²) in [5, 5.41) is 6.05. The minimum atomic E-state index is -0.287. The summed E-state index contributed by atoms with van der Waals surface area (Å²) in [6.07, 6.45) is 2.58. The zero-order valence-electron chi connectivity index (χ0n) is 13.7. The Morgan fingerprint density at radius 2 is 2.13 bits per heavy atom. The van der Waals surface area contributed by atoms with Gasteiger partial charge in [-0.05, 0) is 43.2 Å². The van der Waals surface area contributed by atoms with Crippen LogP contribution in [0.4, 0.5) is 0 Å². The van der Waals surface area contributed by atoms with Crippen molar-refractivity contribution in [1.29, 1.82) is 0 Å². The van der Waals surface area contributed by atoms with Crippen LogP contribution in [0.15, 0.2) is 47.1 Å². The molecular formula is C18H24N2O3. The van der Waals surface area contributed by atoms with Gasteiger partial charge < -0.3 is 19.8 Å². The number of ether oxygens (including phenoxy) is 1. The highest BCUT2D eigenvalue weighted by Gasteiger charge is 2.12. The van der Waals surface area contributed by atoms with Crippen molar-refractivity contribution in [2.24, 2.45) is 0 Å². The molecule has 5 heteroatoms. The van der Waals surface area contributed by atoms with E-state index < -0.39 is 0 Å². The molecule has 0 radical (unpaired) electrons. The number of carbonyl (C=O) groups is 1. The monoisotopic (exact) mass is 316 g/mol. The Morgan fingerprint density at radius 3 is 2.87 bits per heavy atom. The third-order valence-corrected chi connectivity index (χ3v) is 3.39. The highest BCUT2D eigenvalue weighted by Crippen LogP contribution is 2.13. The maximum absolute atomic E-state index is 12.0. The van der Waals surface area contributed by atoms with Crippen molar-refractivity contribution in [2.45, 2.75) is 39.4 Å². The van der Waals surface area contributed by atoms with Gasteiger partial charge in [-0.1, -0.05) is 19.1 Å². The van der Waals surface area contributed by atoms with Crippen LogP contribution in [0, 0.1) is 0 Å². The summed E-state index contributed by atoms with van der Waals surface area (Å²) in [6.45, 7) is 5.64. The van der Waals surface area contributed by atoms with E-state index in [9.17, 15) is 4.79 Å². The van der Waals surface area contributed by atoms with Crippen molar-refractivity contribution < 1.29 is 13.9 Å². The first kappa shape index (κ1) is 17.1. The molecule has 0 aliphatic heterocycles. The molecule has 0 bridgehead atoms. The third kappa shape index (κ3) is 5.79. The summed E-state index contributed by atoms with van der Waals surface area (Å²) in [6, 6.07) is 11.3. The molecule has 2 N–H and O–H groups in total. The van der Waals surface area contributed by atoms with Gasteiger partial charge in [-0.3, -0.25) is 4.79 Å². The number of nitrogens with one attached hydrogen (secondary N) is 2. The summed E-state index contributed by atoms with van der Waals surface area (Å²) >= 11 is 0. The molecule has 124 valence electrons. The second-order valence-electron chi connectivity index (χ2n) is 5.40. The standard InChI is InChI=1S/C18H24N2O3/c1-3-9-22-16-7-4-6-15(11-16)12-19-14(2)18(21)20-13-17-8-5-10-23-17/h4-8,10-11,14,19H,3,9,12-13H2,1-2H3,(H,20,21). The Kier molecular flexibility index (Phi) is 6.69. The first-order valence-corrected chi connectivity index (χ1v) is 7.94. The SMILES string of the molecule is CCCOc1cccc(CNC(C)C(=O)NCc2ccco2)c1. The molecule has 0 spiro atoms. The molecule has 5 nitrogen and oxygen atoms in total. The number of amides is 1. The summed E-state index contributed by atoms with van der Waals surface area (Å²) in [5.41, 5.74) is 1.09. The van der Waals surface area contributed by atoms with E-state index in [2.05, 4.69) is 17.6 Å². The summed E-state index contributed by atoms with van der Waals surface area (Å²) in [5.74, 6) is 1.55. The van der Waals surface area contributed by atoms with E-state index >= 15 is 0 Å². The highest BCUT2D eigenvalue weighted by molar-refractivity contribution is 5.81. The van der Waals surface area contributed by atoms with E-state index in [-0.39, 0.29) is 11.9 Å². The molecule has 1 heterocycles. The van der Waals surface area contributed by atoms with Gasteiger partial charge in [0.05, 0.1) is 25.5 Å². The van der Waals surface area contributed by atoms with Crippen molar-refractivity contribution >= 4 is 5.91 Å². The van der Waals surface area contributed by atoms with E-state index in [1.807, 2.05) is 37.3 Å². The van der Waals surface area contributed by atoms with Gasteiger partial charge in [-0.2, -0.15) is 0 Å². The summed E-state index contributed by atoms with van der Waals surface area (Å²) < 4.78 is 10.8. The van der Waals surface area contributed by atoms with Gasteiger partial charge in [0.15, 0.2) is 0 Å². The van der Waals surface area contributed by atoms with Crippen molar-refractivity contribution in [3.05, 3.63) is 54.0 Å². The van der Waals surface area contributed by atoms with E-state index in [0.717, 1.165) is 23.5 Å².